The summed E-state index contributed by atoms with van der Waals surface area (Å²) in [4.78, 5) is 0. The third-order valence-corrected chi connectivity index (χ3v) is 2.24. The standard InChI is InChI=1S/C9H14N4/c10-8-3-4-9(13-12-8)11-6-5-7-1-2-7/h3-4,7H,1-2,5-6H2,(H2,10,12)(H,11,13). The predicted molar refractivity (Wildman–Crippen MR) is 52.3 cm³/mol. The molecular weight excluding hydrogens is 164 g/mol. The van der Waals surface area contributed by atoms with Crippen molar-refractivity contribution in [2.75, 3.05) is 17.6 Å². The molecule has 0 spiro atoms. The lowest BCUT2D eigenvalue weighted by Crippen LogP contribution is -2.05. The summed E-state index contributed by atoms with van der Waals surface area (Å²) in [5.41, 5.74) is 5.41. The number of anilines is 2. The van der Waals surface area contributed by atoms with Gasteiger partial charge in [-0.1, -0.05) is 12.8 Å². The Bertz CT molecular complexity index is 265. The molecule has 4 nitrogen and oxygen atoms in total. The Morgan fingerprint density at radius 3 is 2.85 bits per heavy atom. The van der Waals surface area contributed by atoms with Crippen molar-refractivity contribution in [3.05, 3.63) is 12.1 Å². The molecule has 1 heterocycles. The highest BCUT2D eigenvalue weighted by Gasteiger charge is 2.20. The third-order valence-electron chi connectivity index (χ3n) is 2.24. The van der Waals surface area contributed by atoms with E-state index in [-0.39, 0.29) is 0 Å². The van der Waals surface area contributed by atoms with Crippen LogP contribution in [-0.4, -0.2) is 16.7 Å². The minimum atomic E-state index is 0.466. The lowest BCUT2D eigenvalue weighted by Gasteiger charge is -2.03. The van der Waals surface area contributed by atoms with Gasteiger partial charge in [0.2, 0.25) is 0 Å². The smallest absolute Gasteiger partial charge is 0.148 e. The Balaban J connectivity index is 1.76. The molecule has 1 aliphatic rings. The molecule has 4 heteroatoms. The molecule has 1 aromatic rings. The van der Waals surface area contributed by atoms with Gasteiger partial charge in [-0.05, 0) is 24.5 Å². The minimum absolute atomic E-state index is 0.466. The van der Waals surface area contributed by atoms with Crippen LogP contribution in [0.3, 0.4) is 0 Å². The van der Waals surface area contributed by atoms with Gasteiger partial charge < -0.3 is 11.1 Å². The zero-order valence-electron chi connectivity index (χ0n) is 7.53. The summed E-state index contributed by atoms with van der Waals surface area (Å²) < 4.78 is 0. The van der Waals surface area contributed by atoms with E-state index in [1.54, 1.807) is 6.07 Å². The number of hydrogen-bond acceptors (Lipinski definition) is 4. The normalized spacial score (nSPS) is 15.7. The Morgan fingerprint density at radius 1 is 1.38 bits per heavy atom. The molecule has 0 atom stereocenters. The minimum Gasteiger partial charge on any atom is -0.382 e. The molecule has 0 aliphatic heterocycles. The predicted octanol–water partition coefficient (Wildman–Crippen LogP) is 1.27. The van der Waals surface area contributed by atoms with Crippen LogP contribution in [0.15, 0.2) is 12.1 Å². The molecule has 1 saturated carbocycles. The first-order valence-corrected chi connectivity index (χ1v) is 4.67. The summed E-state index contributed by atoms with van der Waals surface area (Å²) in [5, 5.41) is 10.9. The molecule has 70 valence electrons. The number of hydrogen-bond donors (Lipinski definition) is 2. The van der Waals surface area contributed by atoms with Gasteiger partial charge in [-0.15, -0.1) is 10.2 Å². The SMILES string of the molecule is Nc1ccc(NCCC2CC2)nn1. The highest BCUT2D eigenvalue weighted by atomic mass is 15.2. The average Bonchev–Trinajstić information content (AvgIpc) is 2.92. The summed E-state index contributed by atoms with van der Waals surface area (Å²) in [7, 11) is 0. The molecule has 3 N–H and O–H groups in total. The number of aromatic nitrogens is 2. The first-order valence-electron chi connectivity index (χ1n) is 4.67. The van der Waals surface area contributed by atoms with E-state index in [1.165, 1.54) is 19.3 Å². The van der Waals surface area contributed by atoms with Crippen molar-refractivity contribution >= 4 is 11.6 Å². The quantitative estimate of drug-likeness (QED) is 0.728. The fraction of sp³-hybridized carbons (Fsp3) is 0.556. The monoisotopic (exact) mass is 178 g/mol. The molecule has 2 rings (SSSR count). The summed E-state index contributed by atoms with van der Waals surface area (Å²) in [6.45, 7) is 0.989. The molecule has 13 heavy (non-hydrogen) atoms. The molecule has 1 aliphatic carbocycles. The van der Waals surface area contributed by atoms with Gasteiger partial charge in [-0.3, -0.25) is 0 Å². The zero-order valence-corrected chi connectivity index (χ0v) is 7.53. The maximum absolute atomic E-state index is 5.41. The van der Waals surface area contributed by atoms with Gasteiger partial charge in [-0.2, -0.15) is 0 Å². The van der Waals surface area contributed by atoms with E-state index in [0.717, 1.165) is 18.3 Å². The summed E-state index contributed by atoms with van der Waals surface area (Å²) in [6, 6.07) is 3.61. The fourth-order valence-electron chi connectivity index (χ4n) is 1.25. The van der Waals surface area contributed by atoms with Gasteiger partial charge in [-0.25, -0.2) is 0 Å². The summed E-state index contributed by atoms with van der Waals surface area (Å²) in [5.74, 6) is 2.23. The van der Waals surface area contributed by atoms with Crippen molar-refractivity contribution in [1.82, 2.24) is 10.2 Å². The molecule has 1 fully saturated rings. The van der Waals surface area contributed by atoms with Crippen LogP contribution in [0.25, 0.3) is 0 Å². The van der Waals surface area contributed by atoms with E-state index in [9.17, 15) is 0 Å². The maximum Gasteiger partial charge on any atom is 0.148 e. The van der Waals surface area contributed by atoms with Gasteiger partial charge in [0.15, 0.2) is 0 Å². The van der Waals surface area contributed by atoms with Crippen LogP contribution in [0.2, 0.25) is 0 Å². The molecule has 0 aromatic carbocycles. The van der Waals surface area contributed by atoms with Crippen LogP contribution < -0.4 is 11.1 Å². The van der Waals surface area contributed by atoms with Crippen molar-refractivity contribution < 1.29 is 0 Å². The lowest BCUT2D eigenvalue weighted by atomic mass is 10.3. The number of nitrogens with two attached hydrogens (primary N) is 1. The molecule has 0 saturated heterocycles. The Kier molecular flexibility index (Phi) is 2.29. The lowest BCUT2D eigenvalue weighted by molar-refractivity contribution is 0.756. The van der Waals surface area contributed by atoms with Crippen molar-refractivity contribution in [2.45, 2.75) is 19.3 Å². The van der Waals surface area contributed by atoms with Gasteiger partial charge in [0, 0.05) is 6.54 Å². The van der Waals surface area contributed by atoms with Crippen LogP contribution in [0, 0.1) is 5.92 Å². The highest BCUT2D eigenvalue weighted by Crippen LogP contribution is 2.31. The third kappa shape index (κ3) is 2.57. The van der Waals surface area contributed by atoms with E-state index in [2.05, 4.69) is 15.5 Å². The molecule has 0 unspecified atom stereocenters. The zero-order chi connectivity index (χ0) is 9.10. The number of nitrogens with zero attached hydrogens (tertiary/aromatic N) is 2. The molecule has 0 bridgehead atoms. The highest BCUT2D eigenvalue weighted by molar-refractivity contribution is 5.38. The Labute approximate surface area is 77.5 Å². The first-order chi connectivity index (χ1) is 6.34. The number of rotatable bonds is 4. The van der Waals surface area contributed by atoms with Gasteiger partial charge >= 0.3 is 0 Å². The van der Waals surface area contributed by atoms with Crippen molar-refractivity contribution in [1.29, 1.82) is 0 Å². The topological polar surface area (TPSA) is 63.8 Å². The van der Waals surface area contributed by atoms with Crippen molar-refractivity contribution in [2.24, 2.45) is 5.92 Å². The Hall–Kier alpha value is -1.32. The van der Waals surface area contributed by atoms with E-state index in [4.69, 9.17) is 5.73 Å². The van der Waals surface area contributed by atoms with Gasteiger partial charge in [0.05, 0.1) is 0 Å². The first kappa shape index (κ1) is 8.29. The summed E-state index contributed by atoms with van der Waals surface area (Å²) >= 11 is 0. The van der Waals surface area contributed by atoms with Crippen molar-refractivity contribution in [3.63, 3.8) is 0 Å². The van der Waals surface area contributed by atoms with Crippen LogP contribution in [0.4, 0.5) is 11.6 Å². The van der Waals surface area contributed by atoms with E-state index in [1.807, 2.05) is 6.07 Å². The largest absolute Gasteiger partial charge is 0.382 e. The molecule has 0 radical (unpaired) electrons. The Morgan fingerprint density at radius 2 is 2.23 bits per heavy atom. The molecule has 1 aromatic heterocycles. The van der Waals surface area contributed by atoms with E-state index in [0.29, 0.717) is 5.82 Å². The second-order valence-electron chi connectivity index (χ2n) is 3.50. The van der Waals surface area contributed by atoms with Crippen LogP contribution in [0.5, 0.6) is 0 Å². The second-order valence-corrected chi connectivity index (χ2v) is 3.50. The summed E-state index contributed by atoms with van der Waals surface area (Å²) in [6.07, 6.45) is 4.04. The van der Waals surface area contributed by atoms with Crippen molar-refractivity contribution in [3.8, 4) is 0 Å². The maximum atomic E-state index is 5.41. The van der Waals surface area contributed by atoms with Crippen LogP contribution >= 0.6 is 0 Å². The van der Waals surface area contributed by atoms with Gasteiger partial charge in [0.1, 0.15) is 11.6 Å². The number of nitrogens with one attached hydrogen (secondary N) is 1. The van der Waals surface area contributed by atoms with E-state index < -0.39 is 0 Å². The van der Waals surface area contributed by atoms with Gasteiger partial charge in [0.25, 0.3) is 0 Å². The number of nitrogen functional groups attached to an aromatic ring is 1. The fourth-order valence-corrected chi connectivity index (χ4v) is 1.25. The second kappa shape index (κ2) is 3.60. The molecule has 0 amide bonds. The average molecular weight is 178 g/mol. The van der Waals surface area contributed by atoms with Crippen LogP contribution in [-0.2, 0) is 0 Å². The molecular formula is C9H14N4. The van der Waals surface area contributed by atoms with E-state index >= 15 is 0 Å². The van der Waals surface area contributed by atoms with Crippen LogP contribution in [0.1, 0.15) is 19.3 Å².